The van der Waals surface area contributed by atoms with Crippen molar-refractivity contribution >= 4 is 12.0 Å². The first-order valence-corrected chi connectivity index (χ1v) is 8.96. The highest BCUT2D eigenvalue weighted by Crippen LogP contribution is 2.20. The molecule has 2 amide bonds. The summed E-state index contributed by atoms with van der Waals surface area (Å²) in [7, 11) is 0. The second-order valence-electron chi connectivity index (χ2n) is 6.29. The van der Waals surface area contributed by atoms with Gasteiger partial charge in [0, 0.05) is 6.04 Å². The minimum atomic E-state index is -0.492. The van der Waals surface area contributed by atoms with Gasteiger partial charge in [-0.3, -0.25) is 4.79 Å². The minimum absolute atomic E-state index is 0.0208. The van der Waals surface area contributed by atoms with Crippen molar-refractivity contribution in [2.75, 3.05) is 6.61 Å². The molecule has 0 saturated heterocycles. The fraction of sp³-hybridized carbons (Fsp3) is 0.579. The van der Waals surface area contributed by atoms with Gasteiger partial charge in [-0.15, -0.1) is 0 Å². The number of hydrogen-bond acceptors (Lipinski definition) is 3. The summed E-state index contributed by atoms with van der Waals surface area (Å²) in [6.07, 6.45) is 6.68. The third kappa shape index (κ3) is 6.22. The van der Waals surface area contributed by atoms with Crippen molar-refractivity contribution in [1.82, 2.24) is 10.6 Å². The van der Waals surface area contributed by atoms with Crippen LogP contribution in [0.2, 0.25) is 0 Å². The molecule has 0 spiro atoms. The Labute approximate surface area is 144 Å². The lowest BCUT2D eigenvalue weighted by molar-refractivity contribution is -0.122. The molecule has 0 unspecified atom stereocenters. The molecule has 0 heterocycles. The molecule has 132 valence electrons. The van der Waals surface area contributed by atoms with Crippen molar-refractivity contribution in [1.29, 1.82) is 0 Å². The summed E-state index contributed by atoms with van der Waals surface area (Å²) in [5.74, 6) is -0.0208. The first-order chi connectivity index (χ1) is 11.7. The van der Waals surface area contributed by atoms with E-state index in [9.17, 15) is 9.59 Å². The van der Waals surface area contributed by atoms with Crippen LogP contribution in [0.1, 0.15) is 63.5 Å². The van der Waals surface area contributed by atoms with Crippen LogP contribution in [-0.2, 0) is 9.53 Å². The Morgan fingerprint density at radius 2 is 1.79 bits per heavy atom. The normalized spacial score (nSPS) is 16.7. The van der Waals surface area contributed by atoms with Gasteiger partial charge in [-0.25, -0.2) is 4.79 Å². The Kier molecular flexibility index (Phi) is 7.59. The lowest BCUT2D eigenvalue weighted by Gasteiger charge is -2.21. The van der Waals surface area contributed by atoms with Gasteiger partial charge in [0.1, 0.15) is 0 Å². The SMILES string of the molecule is CCOC(=O)N[C@H](CC(=O)NC1CCCCCC1)c1ccccc1. The number of ether oxygens (including phenoxy) is 1. The highest BCUT2D eigenvalue weighted by molar-refractivity contribution is 5.78. The molecule has 5 heteroatoms. The number of carbonyl (C=O) groups is 2. The van der Waals surface area contributed by atoms with E-state index in [-0.39, 0.29) is 24.4 Å². The van der Waals surface area contributed by atoms with Crippen LogP contribution in [0.3, 0.4) is 0 Å². The second-order valence-corrected chi connectivity index (χ2v) is 6.29. The Hall–Kier alpha value is -2.04. The van der Waals surface area contributed by atoms with Gasteiger partial charge in [0.05, 0.1) is 19.1 Å². The van der Waals surface area contributed by atoms with Crippen LogP contribution in [0.25, 0.3) is 0 Å². The van der Waals surface area contributed by atoms with Gasteiger partial charge in [0.25, 0.3) is 0 Å². The average molecular weight is 332 g/mol. The van der Waals surface area contributed by atoms with Crippen LogP contribution < -0.4 is 10.6 Å². The molecule has 1 aromatic rings. The van der Waals surface area contributed by atoms with E-state index in [1.54, 1.807) is 6.92 Å². The average Bonchev–Trinajstić information content (AvgIpc) is 2.84. The summed E-state index contributed by atoms with van der Waals surface area (Å²) in [5, 5.41) is 5.93. The van der Waals surface area contributed by atoms with E-state index in [1.165, 1.54) is 25.7 Å². The van der Waals surface area contributed by atoms with E-state index in [2.05, 4.69) is 10.6 Å². The summed E-state index contributed by atoms with van der Waals surface area (Å²) in [6.45, 7) is 2.07. The van der Waals surface area contributed by atoms with E-state index in [0.717, 1.165) is 18.4 Å². The van der Waals surface area contributed by atoms with Crippen LogP contribution in [0.5, 0.6) is 0 Å². The van der Waals surface area contributed by atoms with Crippen LogP contribution in [0.15, 0.2) is 30.3 Å². The van der Waals surface area contributed by atoms with Gasteiger partial charge in [0.2, 0.25) is 5.91 Å². The van der Waals surface area contributed by atoms with Gasteiger partial charge in [-0.05, 0) is 25.3 Å². The first-order valence-electron chi connectivity index (χ1n) is 8.96. The first kappa shape index (κ1) is 18.3. The Morgan fingerprint density at radius 3 is 2.42 bits per heavy atom. The molecular formula is C19H28N2O3. The molecule has 1 atom stereocenters. The van der Waals surface area contributed by atoms with Crippen molar-refractivity contribution in [2.24, 2.45) is 0 Å². The van der Waals surface area contributed by atoms with Crippen molar-refractivity contribution in [2.45, 2.75) is 64.0 Å². The zero-order valence-electron chi connectivity index (χ0n) is 14.4. The number of rotatable bonds is 6. The molecule has 5 nitrogen and oxygen atoms in total. The molecule has 1 fully saturated rings. The molecule has 2 rings (SSSR count). The standard InChI is InChI=1S/C19H28N2O3/c1-2-24-19(23)21-17(15-10-6-5-7-11-15)14-18(22)20-16-12-8-3-4-9-13-16/h5-7,10-11,16-17H,2-4,8-9,12-14H2,1H3,(H,20,22)(H,21,23)/t17-/m1/s1. The molecule has 1 aromatic carbocycles. The number of hydrogen-bond donors (Lipinski definition) is 2. The van der Waals surface area contributed by atoms with Crippen molar-refractivity contribution in [3.05, 3.63) is 35.9 Å². The Morgan fingerprint density at radius 1 is 1.12 bits per heavy atom. The van der Waals surface area contributed by atoms with Gasteiger partial charge >= 0.3 is 6.09 Å². The maximum atomic E-state index is 12.4. The predicted molar refractivity (Wildman–Crippen MR) is 93.6 cm³/mol. The van der Waals surface area contributed by atoms with E-state index < -0.39 is 6.09 Å². The maximum absolute atomic E-state index is 12.4. The highest BCUT2D eigenvalue weighted by atomic mass is 16.5. The third-order valence-electron chi connectivity index (χ3n) is 4.38. The second kappa shape index (κ2) is 9.96. The number of carbonyl (C=O) groups excluding carboxylic acids is 2. The fourth-order valence-corrected chi connectivity index (χ4v) is 3.15. The molecule has 2 N–H and O–H groups in total. The van der Waals surface area contributed by atoms with Crippen LogP contribution >= 0.6 is 0 Å². The number of nitrogens with one attached hydrogen (secondary N) is 2. The van der Waals surface area contributed by atoms with E-state index in [4.69, 9.17) is 4.74 Å². The zero-order valence-corrected chi connectivity index (χ0v) is 14.4. The summed E-state index contributed by atoms with van der Waals surface area (Å²) in [6, 6.07) is 9.42. The van der Waals surface area contributed by atoms with E-state index in [0.29, 0.717) is 6.61 Å². The highest BCUT2D eigenvalue weighted by Gasteiger charge is 2.21. The van der Waals surface area contributed by atoms with Gasteiger partial charge in [-0.2, -0.15) is 0 Å². The lowest BCUT2D eigenvalue weighted by atomic mass is 10.0. The lowest BCUT2D eigenvalue weighted by Crippen LogP contribution is -2.38. The summed E-state index contributed by atoms with van der Waals surface area (Å²) >= 11 is 0. The van der Waals surface area contributed by atoms with Gasteiger partial charge in [0.15, 0.2) is 0 Å². The zero-order chi connectivity index (χ0) is 17.2. The number of amides is 2. The number of benzene rings is 1. The summed E-state index contributed by atoms with van der Waals surface area (Å²) in [4.78, 5) is 24.2. The fourth-order valence-electron chi connectivity index (χ4n) is 3.15. The van der Waals surface area contributed by atoms with Crippen LogP contribution in [0, 0.1) is 0 Å². The summed E-state index contributed by atoms with van der Waals surface area (Å²) < 4.78 is 4.96. The predicted octanol–water partition coefficient (Wildman–Crippen LogP) is 3.70. The molecule has 24 heavy (non-hydrogen) atoms. The summed E-state index contributed by atoms with van der Waals surface area (Å²) in [5.41, 5.74) is 0.904. The Bertz CT molecular complexity index is 511. The topological polar surface area (TPSA) is 67.4 Å². The molecular weight excluding hydrogens is 304 g/mol. The molecule has 0 bridgehead atoms. The van der Waals surface area contributed by atoms with Crippen LogP contribution in [0.4, 0.5) is 4.79 Å². The largest absolute Gasteiger partial charge is 0.450 e. The van der Waals surface area contributed by atoms with Crippen molar-refractivity contribution in [3.8, 4) is 0 Å². The monoisotopic (exact) mass is 332 g/mol. The third-order valence-corrected chi connectivity index (χ3v) is 4.38. The minimum Gasteiger partial charge on any atom is -0.450 e. The molecule has 1 aliphatic rings. The van der Waals surface area contributed by atoms with E-state index in [1.807, 2.05) is 30.3 Å². The van der Waals surface area contributed by atoms with Gasteiger partial charge < -0.3 is 15.4 Å². The van der Waals surface area contributed by atoms with E-state index >= 15 is 0 Å². The van der Waals surface area contributed by atoms with Crippen molar-refractivity contribution in [3.63, 3.8) is 0 Å². The van der Waals surface area contributed by atoms with Gasteiger partial charge in [-0.1, -0.05) is 56.0 Å². The molecule has 0 radical (unpaired) electrons. The quantitative estimate of drug-likeness (QED) is 0.781. The molecule has 0 aromatic heterocycles. The molecule has 1 aliphatic carbocycles. The molecule has 0 aliphatic heterocycles. The molecule has 1 saturated carbocycles. The smallest absolute Gasteiger partial charge is 0.407 e. The maximum Gasteiger partial charge on any atom is 0.407 e. The van der Waals surface area contributed by atoms with Crippen LogP contribution in [-0.4, -0.2) is 24.6 Å². The van der Waals surface area contributed by atoms with Crippen molar-refractivity contribution < 1.29 is 14.3 Å². The number of alkyl carbamates (subject to hydrolysis) is 1. The Balaban J connectivity index is 1.95.